The van der Waals surface area contributed by atoms with Gasteiger partial charge in [-0.25, -0.2) is 0 Å². The van der Waals surface area contributed by atoms with Gasteiger partial charge in [-0.2, -0.15) is 5.10 Å². The lowest BCUT2D eigenvalue weighted by Crippen LogP contribution is -2.32. The molecule has 4 rings (SSSR count). The number of nitrogens with one attached hydrogen (secondary N) is 1. The second-order valence-electron chi connectivity index (χ2n) is 5.62. The van der Waals surface area contributed by atoms with E-state index >= 15 is 0 Å². The average molecular weight is 295 g/mol. The van der Waals surface area contributed by atoms with E-state index in [9.17, 15) is 5.11 Å². The van der Waals surface area contributed by atoms with Crippen LogP contribution < -0.4 is 0 Å². The number of benzene rings is 1. The minimum atomic E-state index is -0.438. The van der Waals surface area contributed by atoms with Crippen molar-refractivity contribution in [3.05, 3.63) is 65.5 Å². The molecule has 1 aliphatic rings. The molecule has 0 saturated heterocycles. The van der Waals surface area contributed by atoms with Crippen molar-refractivity contribution in [1.82, 2.24) is 15.1 Å². The van der Waals surface area contributed by atoms with Gasteiger partial charge in [-0.05, 0) is 29.3 Å². The van der Waals surface area contributed by atoms with Gasteiger partial charge in [-0.1, -0.05) is 24.3 Å². The third-order valence-electron chi connectivity index (χ3n) is 4.05. The largest absolute Gasteiger partial charge is 0.458 e. The van der Waals surface area contributed by atoms with Crippen molar-refractivity contribution in [1.29, 1.82) is 0 Å². The van der Waals surface area contributed by atoms with Crippen molar-refractivity contribution < 1.29 is 9.52 Å². The van der Waals surface area contributed by atoms with Crippen molar-refractivity contribution in [2.75, 3.05) is 6.54 Å². The maximum Gasteiger partial charge on any atom is 0.152 e. The summed E-state index contributed by atoms with van der Waals surface area (Å²) < 4.78 is 5.86. The highest BCUT2D eigenvalue weighted by atomic mass is 16.3. The molecular formula is C17H17N3O2. The summed E-state index contributed by atoms with van der Waals surface area (Å²) >= 11 is 0. The Morgan fingerprint density at radius 1 is 1.23 bits per heavy atom. The lowest BCUT2D eigenvalue weighted by Gasteiger charge is -2.31. The number of H-pyrrole nitrogens is 1. The SMILES string of the molecule is O[C@@H]1CN(Cc2ccc(-c3ccn[nH]3)o2)Cc2ccccc21. The number of rotatable bonds is 3. The first-order chi connectivity index (χ1) is 10.8. The van der Waals surface area contributed by atoms with Gasteiger partial charge in [0, 0.05) is 19.3 Å². The van der Waals surface area contributed by atoms with Crippen LogP contribution in [0.15, 0.2) is 53.1 Å². The molecule has 22 heavy (non-hydrogen) atoms. The monoisotopic (exact) mass is 295 g/mol. The summed E-state index contributed by atoms with van der Waals surface area (Å²) in [6.07, 6.45) is 1.27. The van der Waals surface area contributed by atoms with E-state index in [2.05, 4.69) is 21.2 Å². The molecule has 1 aliphatic heterocycles. The molecule has 3 heterocycles. The standard InChI is InChI=1S/C17H17N3O2/c21-16-11-20(9-12-3-1-2-4-14(12)16)10-13-5-6-17(22-13)15-7-8-18-19-15/h1-8,16,21H,9-11H2,(H,18,19)/t16-/m1/s1. The molecule has 5 heteroatoms. The molecule has 0 amide bonds. The Labute approximate surface area is 128 Å². The number of β-amino-alcohol motifs (C(OH)–C–C–N with tert-alkyl or cyclic N) is 1. The van der Waals surface area contributed by atoms with Gasteiger partial charge >= 0.3 is 0 Å². The van der Waals surface area contributed by atoms with Crippen molar-refractivity contribution in [2.24, 2.45) is 0 Å². The topological polar surface area (TPSA) is 65.3 Å². The van der Waals surface area contributed by atoms with E-state index in [1.807, 2.05) is 36.4 Å². The Bertz CT molecular complexity index is 764. The van der Waals surface area contributed by atoms with Crippen LogP contribution in [0.5, 0.6) is 0 Å². The van der Waals surface area contributed by atoms with Crippen LogP contribution in [0.4, 0.5) is 0 Å². The van der Waals surface area contributed by atoms with E-state index in [1.54, 1.807) is 6.20 Å². The summed E-state index contributed by atoms with van der Waals surface area (Å²) in [4.78, 5) is 2.20. The number of aromatic nitrogens is 2. The van der Waals surface area contributed by atoms with Gasteiger partial charge < -0.3 is 9.52 Å². The van der Waals surface area contributed by atoms with E-state index in [0.29, 0.717) is 13.1 Å². The fourth-order valence-electron chi connectivity index (χ4n) is 2.99. The molecule has 3 aromatic rings. The van der Waals surface area contributed by atoms with E-state index in [4.69, 9.17) is 4.42 Å². The number of aromatic amines is 1. The zero-order valence-corrected chi connectivity index (χ0v) is 12.1. The number of hydrogen-bond donors (Lipinski definition) is 2. The Kier molecular flexibility index (Phi) is 3.29. The summed E-state index contributed by atoms with van der Waals surface area (Å²) in [6.45, 7) is 2.13. The molecule has 0 radical (unpaired) electrons. The fourth-order valence-corrected chi connectivity index (χ4v) is 2.99. The van der Waals surface area contributed by atoms with E-state index < -0.39 is 6.10 Å². The number of aliphatic hydroxyl groups is 1. The predicted octanol–water partition coefficient (Wildman–Crippen LogP) is 2.72. The summed E-state index contributed by atoms with van der Waals surface area (Å²) in [7, 11) is 0. The number of aliphatic hydroxyl groups excluding tert-OH is 1. The third-order valence-corrected chi connectivity index (χ3v) is 4.05. The second-order valence-corrected chi connectivity index (χ2v) is 5.62. The Balaban J connectivity index is 1.51. The molecule has 0 saturated carbocycles. The van der Waals surface area contributed by atoms with Crippen LogP contribution in [0.3, 0.4) is 0 Å². The van der Waals surface area contributed by atoms with Crippen LogP contribution >= 0.6 is 0 Å². The maximum absolute atomic E-state index is 10.3. The zero-order chi connectivity index (χ0) is 14.9. The van der Waals surface area contributed by atoms with Crippen molar-refractivity contribution in [3.8, 4) is 11.5 Å². The second kappa shape index (κ2) is 5.44. The van der Waals surface area contributed by atoms with E-state index in [-0.39, 0.29) is 0 Å². The van der Waals surface area contributed by atoms with Crippen LogP contribution in [0.2, 0.25) is 0 Å². The first-order valence-electron chi connectivity index (χ1n) is 7.36. The van der Waals surface area contributed by atoms with Crippen molar-refractivity contribution in [3.63, 3.8) is 0 Å². The summed E-state index contributed by atoms with van der Waals surface area (Å²) in [5.41, 5.74) is 3.09. The van der Waals surface area contributed by atoms with Gasteiger partial charge in [-0.15, -0.1) is 0 Å². The molecule has 2 aromatic heterocycles. The van der Waals surface area contributed by atoms with Gasteiger partial charge in [-0.3, -0.25) is 10.00 Å². The highest BCUT2D eigenvalue weighted by molar-refractivity contribution is 5.51. The molecule has 0 fully saturated rings. The van der Waals surface area contributed by atoms with Gasteiger partial charge in [0.15, 0.2) is 5.76 Å². The molecular weight excluding hydrogens is 278 g/mol. The normalized spacial score (nSPS) is 18.3. The number of fused-ring (bicyclic) bond motifs is 1. The minimum Gasteiger partial charge on any atom is -0.458 e. The minimum absolute atomic E-state index is 0.438. The zero-order valence-electron chi connectivity index (χ0n) is 12.1. The number of hydrogen-bond acceptors (Lipinski definition) is 4. The fraction of sp³-hybridized carbons (Fsp3) is 0.235. The molecule has 0 bridgehead atoms. The smallest absolute Gasteiger partial charge is 0.152 e. The highest BCUT2D eigenvalue weighted by Gasteiger charge is 2.23. The van der Waals surface area contributed by atoms with Gasteiger partial charge in [0.1, 0.15) is 11.5 Å². The Morgan fingerprint density at radius 2 is 2.14 bits per heavy atom. The molecule has 5 nitrogen and oxygen atoms in total. The van der Waals surface area contributed by atoms with Crippen LogP contribution in [0, 0.1) is 0 Å². The van der Waals surface area contributed by atoms with E-state index in [0.717, 1.165) is 29.3 Å². The van der Waals surface area contributed by atoms with Crippen LogP contribution in [0.25, 0.3) is 11.5 Å². The first kappa shape index (κ1) is 13.3. The summed E-state index contributed by atoms with van der Waals surface area (Å²) in [5.74, 6) is 1.67. The quantitative estimate of drug-likeness (QED) is 0.780. The summed E-state index contributed by atoms with van der Waals surface area (Å²) in [6, 6.07) is 13.9. The van der Waals surface area contributed by atoms with E-state index in [1.165, 1.54) is 5.56 Å². The van der Waals surface area contributed by atoms with Gasteiger partial charge in [0.05, 0.1) is 12.6 Å². The molecule has 0 unspecified atom stereocenters. The van der Waals surface area contributed by atoms with Gasteiger partial charge in [0.2, 0.25) is 0 Å². The van der Waals surface area contributed by atoms with Crippen LogP contribution in [-0.2, 0) is 13.1 Å². The molecule has 112 valence electrons. The average Bonchev–Trinajstić information content (AvgIpc) is 3.18. The lowest BCUT2D eigenvalue weighted by molar-refractivity contribution is 0.0842. The van der Waals surface area contributed by atoms with Crippen LogP contribution in [-0.4, -0.2) is 26.7 Å². The molecule has 0 spiro atoms. The Hall–Kier alpha value is -2.37. The van der Waals surface area contributed by atoms with Crippen molar-refractivity contribution in [2.45, 2.75) is 19.2 Å². The lowest BCUT2D eigenvalue weighted by atomic mass is 9.97. The third kappa shape index (κ3) is 2.45. The molecule has 0 aliphatic carbocycles. The Morgan fingerprint density at radius 3 is 3.00 bits per heavy atom. The number of nitrogens with zero attached hydrogens (tertiary/aromatic N) is 2. The van der Waals surface area contributed by atoms with Gasteiger partial charge in [0.25, 0.3) is 0 Å². The molecule has 2 N–H and O–H groups in total. The first-order valence-corrected chi connectivity index (χ1v) is 7.36. The number of furan rings is 1. The van der Waals surface area contributed by atoms with Crippen LogP contribution in [0.1, 0.15) is 23.0 Å². The molecule has 1 aromatic carbocycles. The molecule has 1 atom stereocenters. The highest BCUT2D eigenvalue weighted by Crippen LogP contribution is 2.28. The predicted molar refractivity (Wildman–Crippen MR) is 81.8 cm³/mol. The summed E-state index contributed by atoms with van der Waals surface area (Å²) in [5, 5.41) is 17.1. The van der Waals surface area contributed by atoms with Crippen molar-refractivity contribution >= 4 is 0 Å². The maximum atomic E-state index is 10.3.